The van der Waals surface area contributed by atoms with Crippen LogP contribution in [0, 0.1) is 6.92 Å². The molecule has 2 rings (SSSR count). The minimum atomic E-state index is 0.204. The van der Waals surface area contributed by atoms with E-state index in [0.717, 1.165) is 30.6 Å². The summed E-state index contributed by atoms with van der Waals surface area (Å²) in [5.41, 5.74) is 9.07. The van der Waals surface area contributed by atoms with Crippen molar-refractivity contribution in [1.82, 2.24) is 4.90 Å². The molecule has 0 aliphatic carbocycles. The highest BCUT2D eigenvalue weighted by molar-refractivity contribution is 9.10. The number of methoxy groups -OCH3 is 1. The molecular formula is C16H25BrN2O. The van der Waals surface area contributed by atoms with E-state index in [0.29, 0.717) is 6.04 Å². The molecule has 2 atom stereocenters. The lowest BCUT2D eigenvalue weighted by molar-refractivity contribution is 0.115. The maximum atomic E-state index is 6.47. The first-order valence-electron chi connectivity index (χ1n) is 7.38. The van der Waals surface area contributed by atoms with Crippen LogP contribution in [-0.2, 0) is 4.74 Å². The molecule has 0 aromatic heterocycles. The fourth-order valence-electron chi connectivity index (χ4n) is 3.03. The van der Waals surface area contributed by atoms with Crippen LogP contribution in [0.2, 0.25) is 0 Å². The zero-order valence-electron chi connectivity index (χ0n) is 12.4. The fourth-order valence-corrected chi connectivity index (χ4v) is 3.28. The smallest absolute Gasteiger partial charge is 0.0589 e. The Balaban J connectivity index is 2.26. The Morgan fingerprint density at radius 3 is 2.90 bits per heavy atom. The number of halogens is 1. The van der Waals surface area contributed by atoms with Crippen LogP contribution >= 0.6 is 15.9 Å². The Labute approximate surface area is 130 Å². The van der Waals surface area contributed by atoms with Crippen LogP contribution in [-0.4, -0.2) is 37.7 Å². The Morgan fingerprint density at radius 2 is 2.20 bits per heavy atom. The highest BCUT2D eigenvalue weighted by atomic mass is 79.9. The van der Waals surface area contributed by atoms with E-state index in [2.05, 4.69) is 46.0 Å². The first-order chi connectivity index (χ1) is 9.63. The van der Waals surface area contributed by atoms with Gasteiger partial charge in [0.15, 0.2) is 0 Å². The normalized spacial score (nSPS) is 24.6. The average molecular weight is 341 g/mol. The quantitative estimate of drug-likeness (QED) is 0.914. The Bertz CT molecular complexity index is 438. The molecule has 1 saturated heterocycles. The number of benzene rings is 1. The van der Waals surface area contributed by atoms with Crippen LogP contribution in [0.3, 0.4) is 0 Å². The van der Waals surface area contributed by atoms with Gasteiger partial charge in [0.05, 0.1) is 6.61 Å². The van der Waals surface area contributed by atoms with Gasteiger partial charge in [0, 0.05) is 30.2 Å². The lowest BCUT2D eigenvalue weighted by Crippen LogP contribution is -2.41. The second-order valence-corrected chi connectivity index (χ2v) is 6.50. The summed E-state index contributed by atoms with van der Waals surface area (Å²) < 4.78 is 6.42. The van der Waals surface area contributed by atoms with Crippen molar-refractivity contribution in [2.75, 3.05) is 26.8 Å². The number of aryl methyl sites for hydroxylation is 1. The molecule has 4 heteroatoms. The standard InChI is InChI=1S/C16H25BrN2O/c1-12-11-13(6-7-14(12)17)16-15(18)5-3-4-8-19(16)9-10-20-2/h6-7,11,15-16H,3-5,8-10,18H2,1-2H3. The van der Waals surface area contributed by atoms with Gasteiger partial charge < -0.3 is 10.5 Å². The van der Waals surface area contributed by atoms with E-state index < -0.39 is 0 Å². The second kappa shape index (κ2) is 7.55. The third-order valence-electron chi connectivity index (χ3n) is 4.14. The summed E-state index contributed by atoms with van der Waals surface area (Å²) >= 11 is 3.58. The predicted octanol–water partition coefficient (Wildman–Crippen LogP) is 3.26. The number of nitrogens with zero attached hydrogens (tertiary/aromatic N) is 1. The van der Waals surface area contributed by atoms with Crippen molar-refractivity contribution in [2.24, 2.45) is 5.73 Å². The number of hydrogen-bond acceptors (Lipinski definition) is 3. The molecule has 3 nitrogen and oxygen atoms in total. The average Bonchev–Trinajstić information content (AvgIpc) is 2.61. The van der Waals surface area contributed by atoms with Gasteiger partial charge in [0.1, 0.15) is 0 Å². The van der Waals surface area contributed by atoms with Gasteiger partial charge >= 0.3 is 0 Å². The van der Waals surface area contributed by atoms with Gasteiger partial charge in [-0.25, -0.2) is 0 Å². The summed E-state index contributed by atoms with van der Waals surface area (Å²) in [6, 6.07) is 7.11. The largest absolute Gasteiger partial charge is 0.383 e. The third-order valence-corrected chi connectivity index (χ3v) is 5.03. The molecule has 2 N–H and O–H groups in total. The molecule has 112 valence electrons. The van der Waals surface area contributed by atoms with E-state index in [9.17, 15) is 0 Å². The maximum absolute atomic E-state index is 6.47. The number of likely N-dealkylation sites (tertiary alicyclic amines) is 1. The van der Waals surface area contributed by atoms with Crippen LogP contribution in [0.1, 0.15) is 36.4 Å². The van der Waals surface area contributed by atoms with Gasteiger partial charge in [-0.2, -0.15) is 0 Å². The van der Waals surface area contributed by atoms with E-state index in [-0.39, 0.29) is 6.04 Å². The number of rotatable bonds is 4. The molecule has 0 bridgehead atoms. The van der Waals surface area contributed by atoms with Crippen molar-refractivity contribution >= 4 is 15.9 Å². The van der Waals surface area contributed by atoms with Gasteiger partial charge in [-0.1, -0.05) is 34.5 Å². The highest BCUT2D eigenvalue weighted by Crippen LogP contribution is 2.31. The fraction of sp³-hybridized carbons (Fsp3) is 0.625. The maximum Gasteiger partial charge on any atom is 0.0589 e. The zero-order chi connectivity index (χ0) is 14.5. The molecule has 1 aliphatic rings. The lowest BCUT2D eigenvalue weighted by Gasteiger charge is -2.34. The number of nitrogens with two attached hydrogens (primary N) is 1. The van der Waals surface area contributed by atoms with E-state index in [1.807, 2.05) is 0 Å². The van der Waals surface area contributed by atoms with Gasteiger partial charge in [0.2, 0.25) is 0 Å². The molecule has 20 heavy (non-hydrogen) atoms. The molecule has 0 amide bonds. The van der Waals surface area contributed by atoms with Crippen molar-refractivity contribution in [2.45, 2.75) is 38.3 Å². The molecule has 0 spiro atoms. The van der Waals surface area contributed by atoms with E-state index in [1.165, 1.54) is 24.0 Å². The van der Waals surface area contributed by atoms with Crippen molar-refractivity contribution in [3.05, 3.63) is 33.8 Å². The molecule has 1 fully saturated rings. The third kappa shape index (κ3) is 3.82. The van der Waals surface area contributed by atoms with Gasteiger partial charge in [0.25, 0.3) is 0 Å². The van der Waals surface area contributed by atoms with Crippen LogP contribution in [0.5, 0.6) is 0 Å². The van der Waals surface area contributed by atoms with Gasteiger partial charge in [-0.15, -0.1) is 0 Å². The van der Waals surface area contributed by atoms with Crippen LogP contribution in [0.15, 0.2) is 22.7 Å². The molecule has 1 aliphatic heterocycles. The van der Waals surface area contributed by atoms with Crippen LogP contribution in [0.4, 0.5) is 0 Å². The SMILES string of the molecule is COCCN1CCCCC(N)C1c1ccc(Br)c(C)c1. The summed E-state index contributed by atoms with van der Waals surface area (Å²) in [7, 11) is 1.76. The predicted molar refractivity (Wildman–Crippen MR) is 86.9 cm³/mol. The summed E-state index contributed by atoms with van der Waals surface area (Å²) in [6.07, 6.45) is 3.54. The highest BCUT2D eigenvalue weighted by Gasteiger charge is 2.28. The minimum Gasteiger partial charge on any atom is -0.383 e. The van der Waals surface area contributed by atoms with Crippen LogP contribution < -0.4 is 5.73 Å². The minimum absolute atomic E-state index is 0.204. The lowest BCUT2D eigenvalue weighted by atomic mass is 9.95. The monoisotopic (exact) mass is 340 g/mol. The summed E-state index contributed by atoms with van der Waals surface area (Å²) in [5, 5.41) is 0. The van der Waals surface area contributed by atoms with E-state index in [1.54, 1.807) is 7.11 Å². The summed E-state index contributed by atoms with van der Waals surface area (Å²) in [5.74, 6) is 0. The first kappa shape index (κ1) is 16.0. The van der Waals surface area contributed by atoms with Crippen molar-refractivity contribution in [3.63, 3.8) is 0 Å². The van der Waals surface area contributed by atoms with Crippen molar-refractivity contribution < 1.29 is 4.74 Å². The van der Waals surface area contributed by atoms with Gasteiger partial charge in [-0.3, -0.25) is 4.90 Å². The molecule has 1 aromatic carbocycles. The molecule has 0 saturated carbocycles. The number of hydrogen-bond donors (Lipinski definition) is 1. The molecule has 1 aromatic rings. The van der Waals surface area contributed by atoms with Crippen molar-refractivity contribution in [1.29, 1.82) is 0 Å². The molecule has 2 unspecified atom stereocenters. The first-order valence-corrected chi connectivity index (χ1v) is 8.17. The summed E-state index contributed by atoms with van der Waals surface area (Å²) in [6.45, 7) is 4.95. The Hall–Kier alpha value is -0.420. The molecule has 1 heterocycles. The zero-order valence-corrected chi connectivity index (χ0v) is 14.0. The molecule has 0 radical (unpaired) electrons. The van der Waals surface area contributed by atoms with E-state index >= 15 is 0 Å². The van der Waals surface area contributed by atoms with Crippen molar-refractivity contribution in [3.8, 4) is 0 Å². The topological polar surface area (TPSA) is 38.5 Å². The molecular weight excluding hydrogens is 316 g/mol. The van der Waals surface area contributed by atoms with E-state index in [4.69, 9.17) is 10.5 Å². The number of ether oxygens (including phenoxy) is 1. The Kier molecular flexibility index (Phi) is 6.02. The second-order valence-electron chi connectivity index (χ2n) is 5.64. The van der Waals surface area contributed by atoms with Gasteiger partial charge in [-0.05, 0) is 43.5 Å². The Morgan fingerprint density at radius 1 is 1.40 bits per heavy atom. The summed E-state index contributed by atoms with van der Waals surface area (Å²) in [4.78, 5) is 2.49. The van der Waals surface area contributed by atoms with Crippen LogP contribution in [0.25, 0.3) is 0 Å².